The number of anilines is 1. The van der Waals surface area contributed by atoms with E-state index in [0.29, 0.717) is 28.1 Å². The van der Waals surface area contributed by atoms with Gasteiger partial charge in [0.1, 0.15) is 5.69 Å². The molecule has 0 bridgehead atoms. The SMILES string of the molecule is CCNc1ncc(F)c(-c2cc(Cl)ccc2Cl)n1. The summed E-state index contributed by atoms with van der Waals surface area (Å²) in [6.07, 6.45) is 1.11. The Morgan fingerprint density at radius 3 is 2.83 bits per heavy atom. The molecule has 0 aliphatic carbocycles. The third-order valence-corrected chi connectivity index (χ3v) is 2.83. The van der Waals surface area contributed by atoms with Crippen LogP contribution in [-0.4, -0.2) is 16.5 Å². The second-order valence-electron chi connectivity index (χ2n) is 3.54. The third kappa shape index (κ3) is 2.71. The van der Waals surface area contributed by atoms with E-state index in [1.54, 1.807) is 18.2 Å². The Morgan fingerprint density at radius 2 is 2.11 bits per heavy atom. The topological polar surface area (TPSA) is 37.8 Å². The van der Waals surface area contributed by atoms with E-state index in [0.717, 1.165) is 6.20 Å². The molecule has 94 valence electrons. The van der Waals surface area contributed by atoms with E-state index in [1.807, 2.05) is 6.92 Å². The summed E-state index contributed by atoms with van der Waals surface area (Å²) in [4.78, 5) is 7.93. The van der Waals surface area contributed by atoms with Crippen LogP contribution in [0.15, 0.2) is 24.4 Å². The van der Waals surface area contributed by atoms with Gasteiger partial charge >= 0.3 is 0 Å². The first kappa shape index (κ1) is 13.1. The molecule has 0 aliphatic rings. The van der Waals surface area contributed by atoms with Gasteiger partial charge in [0.05, 0.1) is 11.2 Å². The standard InChI is InChI=1S/C12H10Cl2FN3/c1-2-16-12-17-6-10(15)11(18-12)8-5-7(13)3-4-9(8)14/h3-6H,2H2,1H3,(H,16,17,18). The number of aromatic nitrogens is 2. The lowest BCUT2D eigenvalue weighted by Gasteiger charge is -2.08. The highest BCUT2D eigenvalue weighted by molar-refractivity contribution is 6.35. The number of nitrogens with one attached hydrogen (secondary N) is 1. The monoisotopic (exact) mass is 285 g/mol. The van der Waals surface area contributed by atoms with Crippen LogP contribution in [0.5, 0.6) is 0 Å². The Kier molecular flexibility index (Phi) is 3.99. The summed E-state index contributed by atoms with van der Waals surface area (Å²) in [5.41, 5.74) is 0.580. The molecule has 3 nitrogen and oxygen atoms in total. The van der Waals surface area contributed by atoms with Gasteiger partial charge < -0.3 is 5.32 Å². The smallest absolute Gasteiger partial charge is 0.223 e. The van der Waals surface area contributed by atoms with Gasteiger partial charge in [-0.25, -0.2) is 14.4 Å². The van der Waals surface area contributed by atoms with Crippen LogP contribution in [-0.2, 0) is 0 Å². The van der Waals surface area contributed by atoms with E-state index in [2.05, 4.69) is 15.3 Å². The molecule has 0 saturated heterocycles. The van der Waals surface area contributed by atoms with Crippen LogP contribution in [0.2, 0.25) is 10.0 Å². The summed E-state index contributed by atoms with van der Waals surface area (Å²) in [6, 6.07) is 4.82. The number of halogens is 3. The number of hydrogen-bond donors (Lipinski definition) is 1. The molecular weight excluding hydrogens is 276 g/mol. The maximum absolute atomic E-state index is 13.8. The van der Waals surface area contributed by atoms with Crippen molar-refractivity contribution in [1.29, 1.82) is 0 Å². The molecule has 1 N–H and O–H groups in total. The molecule has 1 aromatic heterocycles. The maximum Gasteiger partial charge on any atom is 0.223 e. The second-order valence-corrected chi connectivity index (χ2v) is 4.39. The van der Waals surface area contributed by atoms with Crippen LogP contribution >= 0.6 is 23.2 Å². The van der Waals surface area contributed by atoms with Crippen molar-refractivity contribution in [3.05, 3.63) is 40.3 Å². The Morgan fingerprint density at radius 1 is 1.33 bits per heavy atom. The summed E-state index contributed by atoms with van der Waals surface area (Å²) >= 11 is 11.9. The average Bonchev–Trinajstić information content (AvgIpc) is 2.35. The Labute approximate surface area is 114 Å². The minimum absolute atomic E-state index is 0.133. The molecule has 2 rings (SSSR count). The molecule has 2 aromatic rings. The van der Waals surface area contributed by atoms with Gasteiger partial charge in [0.15, 0.2) is 5.82 Å². The minimum atomic E-state index is -0.541. The van der Waals surface area contributed by atoms with Gasteiger partial charge in [-0.3, -0.25) is 0 Å². The molecule has 0 amide bonds. The molecule has 0 radical (unpaired) electrons. The quantitative estimate of drug-likeness (QED) is 0.926. The summed E-state index contributed by atoms with van der Waals surface area (Å²) in [6.45, 7) is 2.55. The van der Waals surface area contributed by atoms with Crippen LogP contribution < -0.4 is 5.32 Å². The lowest BCUT2D eigenvalue weighted by Crippen LogP contribution is -2.04. The Bertz CT molecular complexity index is 575. The Hall–Kier alpha value is -1.39. The van der Waals surface area contributed by atoms with Crippen molar-refractivity contribution < 1.29 is 4.39 Å². The summed E-state index contributed by atoms with van der Waals surface area (Å²) in [5.74, 6) is -0.189. The van der Waals surface area contributed by atoms with Gasteiger partial charge in [0, 0.05) is 17.1 Å². The first-order valence-electron chi connectivity index (χ1n) is 5.33. The van der Waals surface area contributed by atoms with Gasteiger partial charge in [-0.1, -0.05) is 23.2 Å². The normalized spacial score (nSPS) is 10.4. The second kappa shape index (κ2) is 5.50. The van der Waals surface area contributed by atoms with E-state index in [9.17, 15) is 4.39 Å². The zero-order valence-electron chi connectivity index (χ0n) is 9.54. The van der Waals surface area contributed by atoms with Crippen LogP contribution in [0.4, 0.5) is 10.3 Å². The average molecular weight is 286 g/mol. The van der Waals surface area contributed by atoms with Crippen LogP contribution in [0, 0.1) is 5.82 Å². The largest absolute Gasteiger partial charge is 0.354 e. The molecule has 0 saturated carbocycles. The minimum Gasteiger partial charge on any atom is -0.354 e. The molecule has 0 aliphatic heterocycles. The van der Waals surface area contributed by atoms with Crippen molar-refractivity contribution in [2.75, 3.05) is 11.9 Å². The van der Waals surface area contributed by atoms with Crippen molar-refractivity contribution in [3.8, 4) is 11.3 Å². The van der Waals surface area contributed by atoms with Crippen molar-refractivity contribution >= 4 is 29.2 Å². The highest BCUT2D eigenvalue weighted by Crippen LogP contribution is 2.31. The summed E-state index contributed by atoms with van der Waals surface area (Å²) < 4.78 is 13.8. The predicted octanol–water partition coefficient (Wildman–Crippen LogP) is 4.02. The van der Waals surface area contributed by atoms with Gasteiger partial charge in [0.2, 0.25) is 5.95 Å². The third-order valence-electron chi connectivity index (χ3n) is 2.26. The van der Waals surface area contributed by atoms with Crippen molar-refractivity contribution in [1.82, 2.24) is 9.97 Å². The van der Waals surface area contributed by atoms with Crippen molar-refractivity contribution in [2.45, 2.75) is 6.92 Å². The highest BCUT2D eigenvalue weighted by Gasteiger charge is 2.13. The van der Waals surface area contributed by atoms with E-state index in [-0.39, 0.29) is 5.69 Å². The van der Waals surface area contributed by atoms with E-state index in [1.165, 1.54) is 0 Å². The maximum atomic E-state index is 13.8. The molecular formula is C12H10Cl2FN3. The van der Waals surface area contributed by atoms with Crippen molar-refractivity contribution in [2.24, 2.45) is 0 Å². The molecule has 1 heterocycles. The lowest BCUT2D eigenvalue weighted by atomic mass is 10.1. The first-order valence-corrected chi connectivity index (χ1v) is 6.09. The highest BCUT2D eigenvalue weighted by atomic mass is 35.5. The van der Waals surface area contributed by atoms with Crippen LogP contribution in [0.3, 0.4) is 0 Å². The fourth-order valence-corrected chi connectivity index (χ4v) is 1.86. The van der Waals surface area contributed by atoms with E-state index < -0.39 is 5.82 Å². The lowest BCUT2D eigenvalue weighted by molar-refractivity contribution is 0.618. The molecule has 0 fully saturated rings. The number of hydrogen-bond acceptors (Lipinski definition) is 3. The van der Waals surface area contributed by atoms with Gasteiger partial charge in [-0.2, -0.15) is 0 Å². The van der Waals surface area contributed by atoms with Crippen LogP contribution in [0.25, 0.3) is 11.3 Å². The fraction of sp³-hybridized carbons (Fsp3) is 0.167. The zero-order chi connectivity index (χ0) is 13.1. The van der Waals surface area contributed by atoms with Gasteiger partial charge in [-0.15, -0.1) is 0 Å². The number of benzene rings is 1. The molecule has 0 spiro atoms. The molecule has 6 heteroatoms. The summed E-state index contributed by atoms with van der Waals surface area (Å²) in [7, 11) is 0. The summed E-state index contributed by atoms with van der Waals surface area (Å²) in [5, 5.41) is 3.77. The molecule has 18 heavy (non-hydrogen) atoms. The van der Waals surface area contributed by atoms with E-state index in [4.69, 9.17) is 23.2 Å². The van der Waals surface area contributed by atoms with Crippen molar-refractivity contribution in [3.63, 3.8) is 0 Å². The van der Waals surface area contributed by atoms with Crippen LogP contribution in [0.1, 0.15) is 6.92 Å². The molecule has 1 aromatic carbocycles. The number of rotatable bonds is 3. The molecule has 0 atom stereocenters. The first-order chi connectivity index (χ1) is 8.61. The predicted molar refractivity (Wildman–Crippen MR) is 71.6 cm³/mol. The van der Waals surface area contributed by atoms with E-state index >= 15 is 0 Å². The number of nitrogens with zero attached hydrogens (tertiary/aromatic N) is 2. The fourth-order valence-electron chi connectivity index (χ4n) is 1.48. The zero-order valence-corrected chi connectivity index (χ0v) is 11.1. The molecule has 0 unspecified atom stereocenters. The Balaban J connectivity index is 2.55. The van der Waals surface area contributed by atoms with Gasteiger partial charge in [-0.05, 0) is 25.1 Å². The van der Waals surface area contributed by atoms with Gasteiger partial charge in [0.25, 0.3) is 0 Å².